The Hall–Kier alpha value is -1.06. The Morgan fingerprint density at radius 2 is 1.00 bits per heavy atom. The molecule has 0 saturated heterocycles. The third-order valence-corrected chi connectivity index (χ3v) is 7.04. The lowest BCUT2D eigenvalue weighted by atomic mass is 9.90. The van der Waals surface area contributed by atoms with Crippen LogP contribution in [0.4, 0.5) is 0 Å². The van der Waals surface area contributed by atoms with Gasteiger partial charge in [0.2, 0.25) is 0 Å². The molecule has 0 amide bonds. The van der Waals surface area contributed by atoms with Crippen molar-refractivity contribution < 1.29 is 19.1 Å². The van der Waals surface area contributed by atoms with E-state index in [2.05, 4.69) is 20.8 Å². The summed E-state index contributed by atoms with van der Waals surface area (Å²) < 4.78 is 11.1. The number of ether oxygens (including phenoxy) is 2. The Morgan fingerprint density at radius 3 is 1.47 bits per heavy atom. The Bertz CT molecular complexity index is 476. The van der Waals surface area contributed by atoms with E-state index in [1.807, 2.05) is 0 Å². The summed E-state index contributed by atoms with van der Waals surface area (Å²) in [6.45, 7) is 7.51. The molecule has 0 bridgehead atoms. The van der Waals surface area contributed by atoms with Gasteiger partial charge in [0, 0.05) is 0 Å². The molecule has 1 rings (SSSR count). The summed E-state index contributed by atoms with van der Waals surface area (Å²) in [4.78, 5) is 25.3. The molecule has 3 unspecified atom stereocenters. The van der Waals surface area contributed by atoms with Crippen molar-refractivity contribution in [3.63, 3.8) is 0 Å². The fourth-order valence-electron chi connectivity index (χ4n) is 4.88. The molecule has 4 nitrogen and oxygen atoms in total. The Balaban J connectivity index is 2.16. The molecule has 0 aliphatic heterocycles. The first-order chi connectivity index (χ1) is 15.6. The van der Waals surface area contributed by atoms with Crippen LogP contribution in [-0.4, -0.2) is 25.2 Å². The van der Waals surface area contributed by atoms with Crippen molar-refractivity contribution >= 4 is 11.9 Å². The topological polar surface area (TPSA) is 52.6 Å². The first-order valence-electron chi connectivity index (χ1n) is 13.9. The van der Waals surface area contributed by atoms with E-state index in [-0.39, 0.29) is 29.7 Å². The van der Waals surface area contributed by atoms with Gasteiger partial charge in [-0.1, -0.05) is 111 Å². The lowest BCUT2D eigenvalue weighted by Gasteiger charge is -2.20. The summed E-state index contributed by atoms with van der Waals surface area (Å²) >= 11 is 0. The highest BCUT2D eigenvalue weighted by Crippen LogP contribution is 2.38. The first kappa shape index (κ1) is 29.0. The van der Waals surface area contributed by atoms with Gasteiger partial charge in [0.05, 0.1) is 25.0 Å². The molecule has 1 saturated carbocycles. The molecule has 1 aliphatic carbocycles. The van der Waals surface area contributed by atoms with Crippen LogP contribution >= 0.6 is 0 Å². The van der Waals surface area contributed by atoms with Gasteiger partial charge in [-0.3, -0.25) is 9.59 Å². The van der Waals surface area contributed by atoms with Crippen LogP contribution in [0.2, 0.25) is 0 Å². The first-order valence-corrected chi connectivity index (χ1v) is 13.9. The number of hydrogen-bond acceptors (Lipinski definition) is 4. The van der Waals surface area contributed by atoms with Crippen molar-refractivity contribution in [3.8, 4) is 0 Å². The van der Waals surface area contributed by atoms with Crippen molar-refractivity contribution in [2.45, 2.75) is 136 Å². The quantitative estimate of drug-likeness (QED) is 0.139. The minimum atomic E-state index is -0.324. The number of hydrogen-bond donors (Lipinski definition) is 0. The highest BCUT2D eigenvalue weighted by Gasteiger charge is 2.44. The minimum absolute atomic E-state index is 0.188. The Morgan fingerprint density at radius 1 is 0.594 bits per heavy atom. The molecule has 32 heavy (non-hydrogen) atoms. The van der Waals surface area contributed by atoms with Crippen molar-refractivity contribution in [2.24, 2.45) is 17.8 Å². The van der Waals surface area contributed by atoms with E-state index in [0.717, 1.165) is 38.5 Å². The summed E-state index contributed by atoms with van der Waals surface area (Å²) in [6, 6.07) is 0. The Kier molecular flexibility index (Phi) is 17.6. The molecule has 0 aromatic rings. The van der Waals surface area contributed by atoms with Crippen molar-refractivity contribution in [3.05, 3.63) is 0 Å². The van der Waals surface area contributed by atoms with E-state index in [0.29, 0.717) is 13.2 Å². The average Bonchev–Trinajstić information content (AvgIpc) is 3.18. The van der Waals surface area contributed by atoms with Gasteiger partial charge in [0.1, 0.15) is 0 Å². The summed E-state index contributed by atoms with van der Waals surface area (Å²) in [5, 5.41) is 0. The van der Waals surface area contributed by atoms with Gasteiger partial charge in [0.25, 0.3) is 0 Å². The standard InChI is InChI=1S/C28H52O4/c1-4-6-8-10-12-14-16-18-22-31-27(29)25-21-20-24(3)26(25)28(30)32-23-19-17-15-13-11-9-7-5-2/h24-26H,4-23H2,1-3H3. The van der Waals surface area contributed by atoms with Gasteiger partial charge in [-0.05, 0) is 31.6 Å². The second-order valence-corrected chi connectivity index (χ2v) is 9.97. The zero-order chi connectivity index (χ0) is 23.4. The van der Waals surface area contributed by atoms with Crippen LogP contribution in [0.3, 0.4) is 0 Å². The predicted molar refractivity (Wildman–Crippen MR) is 133 cm³/mol. The van der Waals surface area contributed by atoms with Gasteiger partial charge in [-0.2, -0.15) is 0 Å². The number of unbranched alkanes of at least 4 members (excludes halogenated alkanes) is 14. The van der Waals surface area contributed by atoms with E-state index in [4.69, 9.17) is 9.47 Å². The van der Waals surface area contributed by atoms with Crippen molar-refractivity contribution in [1.82, 2.24) is 0 Å². The van der Waals surface area contributed by atoms with Gasteiger partial charge in [-0.25, -0.2) is 0 Å². The van der Waals surface area contributed by atoms with Gasteiger partial charge >= 0.3 is 11.9 Å². The molecule has 3 atom stereocenters. The van der Waals surface area contributed by atoms with Crippen LogP contribution in [0.5, 0.6) is 0 Å². The summed E-state index contributed by atoms with van der Waals surface area (Å²) in [5.74, 6) is -0.819. The van der Waals surface area contributed by atoms with Crippen LogP contribution in [0, 0.1) is 17.8 Å². The third kappa shape index (κ3) is 12.8. The van der Waals surface area contributed by atoms with E-state index in [1.165, 1.54) is 77.0 Å². The molecule has 188 valence electrons. The van der Waals surface area contributed by atoms with Crippen molar-refractivity contribution in [1.29, 1.82) is 0 Å². The second kappa shape index (κ2) is 19.4. The molecule has 0 aromatic heterocycles. The van der Waals surface area contributed by atoms with E-state index >= 15 is 0 Å². The molecule has 0 N–H and O–H groups in total. The third-order valence-electron chi connectivity index (χ3n) is 7.04. The molecule has 1 aliphatic rings. The maximum atomic E-state index is 12.7. The van der Waals surface area contributed by atoms with Crippen LogP contribution in [0.15, 0.2) is 0 Å². The molecular formula is C28H52O4. The summed E-state index contributed by atoms with van der Waals surface area (Å²) in [7, 11) is 0. The number of rotatable bonds is 20. The highest BCUT2D eigenvalue weighted by atomic mass is 16.5. The van der Waals surface area contributed by atoms with E-state index in [9.17, 15) is 9.59 Å². The minimum Gasteiger partial charge on any atom is -0.465 e. The van der Waals surface area contributed by atoms with Crippen LogP contribution < -0.4 is 0 Å². The zero-order valence-electron chi connectivity index (χ0n) is 21.5. The maximum absolute atomic E-state index is 12.7. The van der Waals surface area contributed by atoms with Crippen LogP contribution in [-0.2, 0) is 19.1 Å². The second-order valence-electron chi connectivity index (χ2n) is 9.97. The average molecular weight is 453 g/mol. The summed E-state index contributed by atoms with van der Waals surface area (Å²) in [6.07, 6.45) is 21.2. The monoisotopic (exact) mass is 452 g/mol. The maximum Gasteiger partial charge on any atom is 0.310 e. The predicted octanol–water partition coefficient (Wildman–Crippen LogP) is 8.02. The molecule has 0 radical (unpaired) electrons. The van der Waals surface area contributed by atoms with Crippen LogP contribution in [0.1, 0.15) is 136 Å². The lowest BCUT2D eigenvalue weighted by molar-refractivity contribution is -0.160. The molecule has 0 spiro atoms. The SMILES string of the molecule is CCCCCCCCCCOC(=O)C1CCC(C)C1C(=O)OCCCCCCCCCC. The number of carbonyl (C=O) groups excluding carboxylic acids is 2. The molecule has 0 heterocycles. The van der Waals surface area contributed by atoms with Crippen molar-refractivity contribution in [2.75, 3.05) is 13.2 Å². The molecule has 4 heteroatoms. The van der Waals surface area contributed by atoms with Gasteiger partial charge < -0.3 is 9.47 Å². The number of carbonyl (C=O) groups is 2. The normalized spacial score (nSPS) is 20.4. The van der Waals surface area contributed by atoms with Gasteiger partial charge in [0.15, 0.2) is 0 Å². The zero-order valence-corrected chi connectivity index (χ0v) is 21.5. The van der Waals surface area contributed by atoms with E-state index in [1.54, 1.807) is 0 Å². The molecular weight excluding hydrogens is 400 g/mol. The largest absolute Gasteiger partial charge is 0.465 e. The fourth-order valence-corrected chi connectivity index (χ4v) is 4.88. The molecule has 1 fully saturated rings. The molecule has 0 aromatic carbocycles. The fraction of sp³-hybridized carbons (Fsp3) is 0.929. The Labute approximate surface area is 198 Å². The lowest BCUT2D eigenvalue weighted by Crippen LogP contribution is -2.31. The van der Waals surface area contributed by atoms with Crippen LogP contribution in [0.25, 0.3) is 0 Å². The van der Waals surface area contributed by atoms with E-state index < -0.39 is 0 Å². The number of esters is 2. The van der Waals surface area contributed by atoms with Gasteiger partial charge in [-0.15, -0.1) is 0 Å². The smallest absolute Gasteiger partial charge is 0.310 e. The highest BCUT2D eigenvalue weighted by molar-refractivity contribution is 5.83. The summed E-state index contributed by atoms with van der Waals surface area (Å²) in [5.41, 5.74) is 0.